The van der Waals surface area contributed by atoms with E-state index in [2.05, 4.69) is 27.4 Å². The number of amides is 1. The Morgan fingerprint density at radius 2 is 2.00 bits per heavy atom. The number of pyridine rings is 1. The Labute approximate surface area is 168 Å². The van der Waals surface area contributed by atoms with E-state index in [1.807, 2.05) is 47.9 Å². The Kier molecular flexibility index (Phi) is 7.02. The highest BCUT2D eigenvalue weighted by molar-refractivity contribution is 7.99. The summed E-state index contributed by atoms with van der Waals surface area (Å²) in [7, 11) is 0. The Hall–Kier alpha value is -2.87. The van der Waals surface area contributed by atoms with Gasteiger partial charge < -0.3 is 14.6 Å². The summed E-state index contributed by atoms with van der Waals surface area (Å²) in [5.74, 6) is 1.71. The number of rotatable bonds is 9. The van der Waals surface area contributed by atoms with Crippen LogP contribution in [0.15, 0.2) is 53.9 Å². The van der Waals surface area contributed by atoms with Crippen LogP contribution in [0, 0.1) is 0 Å². The minimum Gasteiger partial charge on any atom is -0.494 e. The molecule has 1 aromatic carbocycles. The van der Waals surface area contributed by atoms with Gasteiger partial charge in [-0.1, -0.05) is 18.7 Å². The third-order valence-electron chi connectivity index (χ3n) is 3.87. The summed E-state index contributed by atoms with van der Waals surface area (Å²) in [5.41, 5.74) is 1.65. The van der Waals surface area contributed by atoms with E-state index < -0.39 is 0 Å². The molecule has 0 saturated carbocycles. The number of aromatic nitrogens is 4. The summed E-state index contributed by atoms with van der Waals surface area (Å²) in [6.45, 7) is 5.42. The van der Waals surface area contributed by atoms with Gasteiger partial charge in [0.15, 0.2) is 11.0 Å². The van der Waals surface area contributed by atoms with Crippen LogP contribution in [-0.4, -0.2) is 38.0 Å². The molecule has 0 aliphatic heterocycles. The van der Waals surface area contributed by atoms with Crippen LogP contribution in [-0.2, 0) is 11.3 Å². The van der Waals surface area contributed by atoms with Gasteiger partial charge >= 0.3 is 0 Å². The molecule has 2 heterocycles. The summed E-state index contributed by atoms with van der Waals surface area (Å²) in [4.78, 5) is 16.5. The first-order valence-electron chi connectivity index (χ1n) is 9.20. The quantitative estimate of drug-likeness (QED) is 0.552. The molecule has 3 aromatic rings. The largest absolute Gasteiger partial charge is 0.494 e. The maximum Gasteiger partial charge on any atom is 0.234 e. The summed E-state index contributed by atoms with van der Waals surface area (Å²) < 4.78 is 7.44. The fraction of sp³-hybridized carbons (Fsp3) is 0.300. The first-order chi connectivity index (χ1) is 13.7. The third kappa shape index (κ3) is 5.10. The Bertz CT molecular complexity index is 897. The van der Waals surface area contributed by atoms with Crippen molar-refractivity contribution >= 4 is 23.4 Å². The summed E-state index contributed by atoms with van der Waals surface area (Å²) in [6.07, 6.45) is 4.44. The van der Waals surface area contributed by atoms with E-state index in [1.54, 1.807) is 12.4 Å². The van der Waals surface area contributed by atoms with E-state index in [0.29, 0.717) is 6.61 Å². The van der Waals surface area contributed by atoms with Gasteiger partial charge in [-0.25, -0.2) is 0 Å². The van der Waals surface area contributed by atoms with Crippen molar-refractivity contribution in [3.63, 3.8) is 0 Å². The van der Waals surface area contributed by atoms with Gasteiger partial charge in [-0.3, -0.25) is 9.78 Å². The monoisotopic (exact) mass is 397 g/mol. The second-order valence-corrected chi connectivity index (χ2v) is 6.94. The average molecular weight is 398 g/mol. The van der Waals surface area contributed by atoms with Crippen molar-refractivity contribution < 1.29 is 9.53 Å². The second-order valence-electron chi connectivity index (χ2n) is 5.99. The highest BCUT2D eigenvalue weighted by Gasteiger charge is 2.15. The molecular weight excluding hydrogens is 374 g/mol. The SMILES string of the molecule is CCCn1c(SCC(=O)Nc2ccc(OCC)cc2)nnc1-c1cccnc1. The molecule has 1 amide bonds. The van der Waals surface area contributed by atoms with Crippen molar-refractivity contribution in [1.29, 1.82) is 0 Å². The molecule has 1 N–H and O–H groups in total. The molecule has 28 heavy (non-hydrogen) atoms. The summed E-state index contributed by atoms with van der Waals surface area (Å²) in [6, 6.07) is 11.2. The molecule has 3 rings (SSSR count). The number of carbonyl (C=O) groups is 1. The number of ether oxygens (including phenoxy) is 1. The Balaban J connectivity index is 1.63. The van der Waals surface area contributed by atoms with Crippen molar-refractivity contribution in [2.75, 3.05) is 17.7 Å². The number of benzene rings is 1. The molecule has 146 valence electrons. The number of anilines is 1. The summed E-state index contributed by atoms with van der Waals surface area (Å²) >= 11 is 1.37. The molecule has 0 bridgehead atoms. The molecule has 0 fully saturated rings. The van der Waals surface area contributed by atoms with Crippen LogP contribution in [0.3, 0.4) is 0 Å². The molecule has 0 unspecified atom stereocenters. The van der Waals surface area contributed by atoms with Crippen molar-refractivity contribution in [2.45, 2.75) is 32.0 Å². The predicted molar refractivity (Wildman–Crippen MR) is 111 cm³/mol. The van der Waals surface area contributed by atoms with Crippen LogP contribution in [0.4, 0.5) is 5.69 Å². The molecule has 7 nitrogen and oxygen atoms in total. The van der Waals surface area contributed by atoms with E-state index in [0.717, 1.165) is 40.9 Å². The van der Waals surface area contributed by atoms with Gasteiger partial charge in [0.05, 0.1) is 12.4 Å². The van der Waals surface area contributed by atoms with Gasteiger partial charge in [-0.15, -0.1) is 10.2 Å². The van der Waals surface area contributed by atoms with Crippen molar-refractivity contribution in [2.24, 2.45) is 0 Å². The number of nitrogens with one attached hydrogen (secondary N) is 1. The first kappa shape index (κ1) is 19.9. The molecule has 0 aliphatic rings. The van der Waals surface area contributed by atoms with E-state index >= 15 is 0 Å². The van der Waals surface area contributed by atoms with Crippen LogP contribution < -0.4 is 10.1 Å². The highest BCUT2D eigenvalue weighted by Crippen LogP contribution is 2.24. The lowest BCUT2D eigenvalue weighted by Gasteiger charge is -2.09. The van der Waals surface area contributed by atoms with Gasteiger partial charge in [-0.2, -0.15) is 0 Å². The number of hydrogen-bond acceptors (Lipinski definition) is 6. The zero-order valence-electron chi connectivity index (χ0n) is 16.0. The van der Waals surface area contributed by atoms with Crippen molar-refractivity contribution in [3.8, 4) is 17.1 Å². The zero-order valence-corrected chi connectivity index (χ0v) is 16.8. The molecule has 0 aliphatic carbocycles. The van der Waals surface area contributed by atoms with Gasteiger partial charge in [0.2, 0.25) is 5.91 Å². The number of thioether (sulfide) groups is 1. The van der Waals surface area contributed by atoms with Crippen LogP contribution in [0.1, 0.15) is 20.3 Å². The van der Waals surface area contributed by atoms with Crippen LogP contribution in [0.2, 0.25) is 0 Å². The lowest BCUT2D eigenvalue weighted by Crippen LogP contribution is -2.14. The molecular formula is C20H23N5O2S. The molecule has 0 saturated heterocycles. The van der Waals surface area contributed by atoms with E-state index in [1.165, 1.54) is 11.8 Å². The molecule has 0 radical (unpaired) electrons. The number of carbonyl (C=O) groups excluding carboxylic acids is 1. The third-order valence-corrected chi connectivity index (χ3v) is 4.83. The normalized spacial score (nSPS) is 10.6. The predicted octanol–water partition coefficient (Wildman–Crippen LogP) is 3.88. The van der Waals surface area contributed by atoms with E-state index in [9.17, 15) is 4.79 Å². The van der Waals surface area contributed by atoms with Crippen molar-refractivity contribution in [1.82, 2.24) is 19.7 Å². The van der Waals surface area contributed by atoms with Crippen LogP contribution in [0.25, 0.3) is 11.4 Å². The minimum absolute atomic E-state index is 0.0943. The fourth-order valence-electron chi connectivity index (χ4n) is 2.66. The fourth-order valence-corrected chi connectivity index (χ4v) is 3.42. The second kappa shape index (κ2) is 9.89. The summed E-state index contributed by atoms with van der Waals surface area (Å²) in [5, 5.41) is 12.2. The average Bonchev–Trinajstić information content (AvgIpc) is 3.12. The lowest BCUT2D eigenvalue weighted by atomic mass is 10.2. The lowest BCUT2D eigenvalue weighted by molar-refractivity contribution is -0.113. The zero-order chi connectivity index (χ0) is 19.8. The smallest absolute Gasteiger partial charge is 0.234 e. The van der Waals surface area contributed by atoms with Crippen molar-refractivity contribution in [3.05, 3.63) is 48.8 Å². The van der Waals surface area contributed by atoms with Gasteiger partial charge in [0, 0.05) is 30.2 Å². The van der Waals surface area contributed by atoms with Gasteiger partial charge in [0.25, 0.3) is 0 Å². The number of nitrogens with zero attached hydrogens (tertiary/aromatic N) is 4. The minimum atomic E-state index is -0.0943. The molecule has 0 atom stereocenters. The van der Waals surface area contributed by atoms with E-state index in [4.69, 9.17) is 4.74 Å². The van der Waals surface area contributed by atoms with Crippen LogP contribution >= 0.6 is 11.8 Å². The topological polar surface area (TPSA) is 81.9 Å². The van der Waals surface area contributed by atoms with Gasteiger partial charge in [-0.05, 0) is 49.7 Å². The Morgan fingerprint density at radius 1 is 1.18 bits per heavy atom. The molecule has 0 spiro atoms. The highest BCUT2D eigenvalue weighted by atomic mass is 32.2. The Morgan fingerprint density at radius 3 is 2.68 bits per heavy atom. The number of hydrogen-bond donors (Lipinski definition) is 1. The molecule has 8 heteroatoms. The standard InChI is InChI=1S/C20H23N5O2S/c1-3-12-25-19(15-6-5-11-21-13-15)23-24-20(25)28-14-18(26)22-16-7-9-17(10-8-16)27-4-2/h5-11,13H,3-4,12,14H2,1-2H3,(H,22,26). The van der Waals surface area contributed by atoms with Crippen LogP contribution in [0.5, 0.6) is 5.75 Å². The van der Waals surface area contributed by atoms with E-state index in [-0.39, 0.29) is 11.7 Å². The molecule has 2 aromatic heterocycles. The van der Waals surface area contributed by atoms with Gasteiger partial charge in [0.1, 0.15) is 5.75 Å². The maximum absolute atomic E-state index is 12.3. The first-order valence-corrected chi connectivity index (χ1v) is 10.2. The maximum atomic E-state index is 12.3.